The van der Waals surface area contributed by atoms with Crippen molar-refractivity contribution in [2.24, 2.45) is 0 Å². The lowest BCUT2D eigenvalue weighted by Gasteiger charge is -2.32. The molecule has 1 amide bonds. The lowest BCUT2D eigenvalue weighted by molar-refractivity contribution is 0.0199. The Hall–Kier alpha value is -2.24. The van der Waals surface area contributed by atoms with E-state index in [9.17, 15) is 14.1 Å². The van der Waals surface area contributed by atoms with Crippen LogP contribution in [-0.2, 0) is 15.5 Å². The Bertz CT molecular complexity index is 1050. The van der Waals surface area contributed by atoms with Gasteiger partial charge in [0.05, 0.1) is 23.5 Å². The number of anilines is 1. The number of nitrogens with zero attached hydrogens (tertiary/aromatic N) is 4. The molecule has 2 aromatic rings. The van der Waals surface area contributed by atoms with Crippen LogP contribution in [0.15, 0.2) is 16.8 Å². The highest BCUT2D eigenvalue weighted by Crippen LogP contribution is 2.32. The van der Waals surface area contributed by atoms with Gasteiger partial charge in [-0.15, -0.1) is 0 Å². The molecule has 0 spiro atoms. The summed E-state index contributed by atoms with van der Waals surface area (Å²) in [6.45, 7) is 6.77. The van der Waals surface area contributed by atoms with Crippen LogP contribution in [0.3, 0.4) is 0 Å². The van der Waals surface area contributed by atoms with Gasteiger partial charge in [-0.3, -0.25) is 4.21 Å². The van der Waals surface area contributed by atoms with E-state index < -0.39 is 16.4 Å². The molecule has 1 aliphatic carbocycles. The van der Waals surface area contributed by atoms with E-state index in [0.29, 0.717) is 35.5 Å². The predicted octanol–water partition coefficient (Wildman–Crippen LogP) is 4.15. The Morgan fingerprint density at radius 3 is 2.50 bits per heavy atom. The van der Waals surface area contributed by atoms with Gasteiger partial charge in [0.15, 0.2) is 11.7 Å². The molecule has 4 rings (SSSR count). The number of aliphatic hydroxyl groups excluding tert-OH is 1. The summed E-state index contributed by atoms with van der Waals surface area (Å²) < 4.78 is 22.2. The van der Waals surface area contributed by atoms with Gasteiger partial charge >= 0.3 is 6.09 Å². The summed E-state index contributed by atoms with van der Waals surface area (Å²) in [7, 11) is -0.733. The Balaban J connectivity index is 0.000000303. The summed E-state index contributed by atoms with van der Waals surface area (Å²) in [6.07, 6.45) is 9.46. The molecule has 2 aromatic heterocycles. The SMILES string of the molecule is CC(C)(C)OC(=O)N1CCC(c2ncc(-c3nc(N)ncc3Cl)o2)CC1.CS(=O)C1CCCC(O)C1. The number of aliphatic hydroxyl groups is 1. The Kier molecular flexibility index (Phi) is 9.71. The molecule has 200 valence electrons. The average Bonchev–Trinajstić information content (AvgIpc) is 3.30. The van der Waals surface area contributed by atoms with Crippen molar-refractivity contribution in [1.29, 1.82) is 0 Å². The third-order valence-corrected chi connectivity index (χ3v) is 7.73. The number of nitrogen functional groups attached to an aromatic ring is 1. The van der Waals surface area contributed by atoms with Gasteiger partial charge in [0, 0.05) is 41.3 Å². The minimum Gasteiger partial charge on any atom is -0.444 e. The fraction of sp³-hybridized carbons (Fsp3) is 0.667. The average molecular weight is 542 g/mol. The van der Waals surface area contributed by atoms with Crippen LogP contribution in [0.25, 0.3) is 11.5 Å². The maximum atomic E-state index is 12.1. The molecule has 0 aromatic carbocycles. The number of likely N-dealkylation sites (tertiary alicyclic amines) is 1. The number of halogens is 1. The zero-order valence-electron chi connectivity index (χ0n) is 21.3. The van der Waals surface area contributed by atoms with Crippen molar-refractivity contribution >= 4 is 34.4 Å². The number of piperidine rings is 1. The monoisotopic (exact) mass is 541 g/mol. The van der Waals surface area contributed by atoms with Crippen LogP contribution in [0, 0.1) is 0 Å². The van der Waals surface area contributed by atoms with Gasteiger partial charge in [-0.1, -0.05) is 11.6 Å². The zero-order valence-corrected chi connectivity index (χ0v) is 22.8. The van der Waals surface area contributed by atoms with E-state index in [2.05, 4.69) is 15.0 Å². The maximum absolute atomic E-state index is 12.1. The first-order valence-electron chi connectivity index (χ1n) is 12.1. The molecule has 0 bridgehead atoms. The number of amides is 1. The molecule has 2 fully saturated rings. The van der Waals surface area contributed by atoms with Crippen molar-refractivity contribution in [2.45, 2.75) is 82.2 Å². The standard InChI is InChI=1S/C17H22ClN5O3.C7H14O2S/c1-17(2,3)26-16(24)23-6-4-10(5-7-23)14-20-9-12(25-14)13-11(18)8-21-15(19)22-13;1-10(9)7-4-2-3-6(8)5-7/h8-10H,4-7H2,1-3H3,(H2,19,21,22);6-8H,2-5H2,1H3. The third-order valence-electron chi connectivity index (χ3n) is 6.08. The van der Waals surface area contributed by atoms with Crippen molar-refractivity contribution in [3.05, 3.63) is 23.3 Å². The fourth-order valence-electron chi connectivity index (χ4n) is 4.20. The first-order chi connectivity index (χ1) is 16.9. The second-order valence-electron chi connectivity index (χ2n) is 10.2. The van der Waals surface area contributed by atoms with Crippen molar-refractivity contribution in [2.75, 3.05) is 25.1 Å². The Morgan fingerprint density at radius 2 is 1.92 bits per heavy atom. The number of oxazole rings is 1. The van der Waals surface area contributed by atoms with Gasteiger partial charge < -0.3 is 24.9 Å². The zero-order chi connectivity index (χ0) is 26.5. The van der Waals surface area contributed by atoms with Gasteiger partial charge in [0.1, 0.15) is 11.3 Å². The topological polar surface area (TPSA) is 145 Å². The fourth-order valence-corrected chi connectivity index (χ4v) is 5.37. The van der Waals surface area contributed by atoms with E-state index in [4.69, 9.17) is 26.5 Å². The molecule has 2 aliphatic rings. The molecule has 10 nitrogen and oxygen atoms in total. The molecule has 3 N–H and O–H groups in total. The predicted molar refractivity (Wildman–Crippen MR) is 139 cm³/mol. The van der Waals surface area contributed by atoms with Gasteiger partial charge in [0.2, 0.25) is 5.95 Å². The van der Waals surface area contributed by atoms with E-state index in [-0.39, 0.29) is 29.3 Å². The molecule has 12 heteroatoms. The highest BCUT2D eigenvalue weighted by atomic mass is 35.5. The number of hydrogen-bond acceptors (Lipinski definition) is 9. The highest BCUT2D eigenvalue weighted by molar-refractivity contribution is 7.84. The Morgan fingerprint density at radius 1 is 1.22 bits per heavy atom. The number of rotatable bonds is 3. The van der Waals surface area contributed by atoms with E-state index >= 15 is 0 Å². The van der Waals surface area contributed by atoms with E-state index in [1.165, 1.54) is 6.20 Å². The smallest absolute Gasteiger partial charge is 0.410 e. The molecule has 1 saturated carbocycles. The summed E-state index contributed by atoms with van der Waals surface area (Å²) in [5.41, 5.74) is 5.53. The van der Waals surface area contributed by atoms with Crippen molar-refractivity contribution in [3.8, 4) is 11.5 Å². The number of hydrogen-bond donors (Lipinski definition) is 2. The highest BCUT2D eigenvalue weighted by Gasteiger charge is 2.30. The van der Waals surface area contributed by atoms with Crippen LogP contribution >= 0.6 is 11.6 Å². The molecule has 1 aliphatic heterocycles. The third kappa shape index (κ3) is 8.14. The molecule has 1 saturated heterocycles. The molecule has 3 heterocycles. The first kappa shape index (κ1) is 28.3. The Labute approximate surface area is 219 Å². The normalized spacial score (nSPS) is 21.9. The van der Waals surface area contributed by atoms with Crippen LogP contribution in [-0.4, -0.2) is 71.6 Å². The summed E-state index contributed by atoms with van der Waals surface area (Å²) in [5.74, 6) is 1.30. The van der Waals surface area contributed by atoms with Crippen molar-refractivity contribution in [3.63, 3.8) is 0 Å². The van der Waals surface area contributed by atoms with Crippen LogP contribution < -0.4 is 5.73 Å². The molecule has 0 radical (unpaired) electrons. The minimum absolute atomic E-state index is 0.119. The molecule has 3 atom stereocenters. The quantitative estimate of drug-likeness (QED) is 0.585. The van der Waals surface area contributed by atoms with Gasteiger partial charge in [-0.2, -0.15) is 0 Å². The summed E-state index contributed by atoms with van der Waals surface area (Å²) in [5, 5.41) is 9.80. The number of carbonyl (C=O) groups is 1. The minimum atomic E-state index is -0.733. The maximum Gasteiger partial charge on any atom is 0.410 e. The van der Waals surface area contributed by atoms with Crippen molar-refractivity contribution < 1.29 is 23.3 Å². The summed E-state index contributed by atoms with van der Waals surface area (Å²) in [6, 6.07) is 0. The van der Waals surface area contributed by atoms with Crippen LogP contribution in [0.1, 0.15) is 71.1 Å². The largest absolute Gasteiger partial charge is 0.444 e. The van der Waals surface area contributed by atoms with E-state index in [1.807, 2.05) is 20.8 Å². The van der Waals surface area contributed by atoms with Gasteiger partial charge in [0.25, 0.3) is 0 Å². The number of nitrogens with two attached hydrogens (primary N) is 1. The lowest BCUT2D eigenvalue weighted by atomic mass is 9.97. The second kappa shape index (κ2) is 12.3. The van der Waals surface area contributed by atoms with Crippen molar-refractivity contribution in [1.82, 2.24) is 19.9 Å². The van der Waals surface area contributed by atoms with Crippen LogP contribution in [0.5, 0.6) is 0 Å². The first-order valence-corrected chi connectivity index (χ1v) is 14.1. The van der Waals surface area contributed by atoms with Crippen LogP contribution in [0.4, 0.5) is 10.7 Å². The van der Waals surface area contributed by atoms with E-state index in [0.717, 1.165) is 38.5 Å². The van der Waals surface area contributed by atoms with Crippen LogP contribution in [0.2, 0.25) is 5.02 Å². The second-order valence-corrected chi connectivity index (χ2v) is 12.2. The molecular formula is C24H36ClN5O5S. The summed E-state index contributed by atoms with van der Waals surface area (Å²) in [4.78, 5) is 26.1. The molecule has 36 heavy (non-hydrogen) atoms. The number of ether oxygens (including phenoxy) is 1. The van der Waals surface area contributed by atoms with E-state index in [1.54, 1.807) is 17.4 Å². The molecular weight excluding hydrogens is 506 g/mol. The molecule has 3 unspecified atom stereocenters. The lowest BCUT2D eigenvalue weighted by Crippen LogP contribution is -2.41. The van der Waals surface area contributed by atoms with Gasteiger partial charge in [-0.25, -0.2) is 19.7 Å². The number of aromatic nitrogens is 3. The number of carbonyl (C=O) groups excluding carboxylic acids is 1. The summed E-state index contributed by atoms with van der Waals surface area (Å²) >= 11 is 6.11. The van der Waals surface area contributed by atoms with Gasteiger partial charge in [-0.05, 0) is 59.3 Å².